The van der Waals surface area contributed by atoms with Crippen LogP contribution in [0.25, 0.3) is 0 Å². The summed E-state index contributed by atoms with van der Waals surface area (Å²) in [5.41, 5.74) is 1.27. The maximum atomic E-state index is 12.7. The second-order valence-electron chi connectivity index (χ2n) is 11.1. The molecule has 4 fully saturated rings. The molecule has 0 aromatic heterocycles. The number of anilines is 1. The number of nitrogens with one attached hydrogen (secondary N) is 2. The molecule has 5 nitrogen and oxygen atoms in total. The molecule has 5 heteroatoms. The monoisotopic (exact) mass is 423 g/mol. The van der Waals surface area contributed by atoms with Crippen LogP contribution in [0, 0.1) is 28.6 Å². The Morgan fingerprint density at radius 2 is 1.71 bits per heavy atom. The molecule has 1 aromatic rings. The molecule has 1 aliphatic heterocycles. The van der Waals surface area contributed by atoms with Gasteiger partial charge in [0.15, 0.2) is 0 Å². The number of amides is 3. The SMILES string of the molecule is CN1C(=O)CC[C@]2(C)[C@H]3CC[C@]4(C)C(NC(=O)Nc5ccccc5)CC[C@H]4[C@@H]3CC[C@@H]12. The van der Waals surface area contributed by atoms with Gasteiger partial charge >= 0.3 is 6.03 Å². The van der Waals surface area contributed by atoms with Gasteiger partial charge in [-0.2, -0.15) is 0 Å². The number of para-hydroxylation sites is 1. The summed E-state index contributed by atoms with van der Waals surface area (Å²) in [6, 6.07) is 10.3. The highest BCUT2D eigenvalue weighted by Crippen LogP contribution is 2.64. The van der Waals surface area contributed by atoms with Gasteiger partial charge in [0.05, 0.1) is 0 Å². The number of rotatable bonds is 2. The van der Waals surface area contributed by atoms with Crippen LogP contribution in [0.4, 0.5) is 10.5 Å². The van der Waals surface area contributed by atoms with Crippen molar-refractivity contribution >= 4 is 17.6 Å². The van der Waals surface area contributed by atoms with Crippen LogP contribution in [-0.4, -0.2) is 36.0 Å². The maximum Gasteiger partial charge on any atom is 0.319 e. The van der Waals surface area contributed by atoms with Crippen LogP contribution in [0.1, 0.15) is 65.2 Å². The lowest BCUT2D eigenvalue weighted by molar-refractivity contribution is -0.157. The van der Waals surface area contributed by atoms with Gasteiger partial charge in [-0.25, -0.2) is 4.79 Å². The third-order valence-electron chi connectivity index (χ3n) is 9.89. The van der Waals surface area contributed by atoms with E-state index in [4.69, 9.17) is 0 Å². The molecule has 0 spiro atoms. The Kier molecular flexibility index (Phi) is 5.06. The Morgan fingerprint density at radius 1 is 0.968 bits per heavy atom. The molecular formula is C26H37N3O2. The topological polar surface area (TPSA) is 61.4 Å². The smallest absolute Gasteiger partial charge is 0.319 e. The lowest BCUT2D eigenvalue weighted by Crippen LogP contribution is -2.62. The molecule has 1 heterocycles. The van der Waals surface area contributed by atoms with Gasteiger partial charge in [-0.15, -0.1) is 0 Å². The van der Waals surface area contributed by atoms with Crippen LogP contribution >= 0.6 is 0 Å². The second-order valence-corrected chi connectivity index (χ2v) is 11.1. The van der Waals surface area contributed by atoms with Crippen LogP contribution in [0.3, 0.4) is 0 Å². The molecule has 0 radical (unpaired) electrons. The highest BCUT2D eigenvalue weighted by molar-refractivity contribution is 5.89. The fraction of sp³-hybridized carbons (Fsp3) is 0.692. The molecule has 3 saturated carbocycles. The fourth-order valence-corrected chi connectivity index (χ4v) is 8.23. The number of fused-ring (bicyclic) bond motifs is 5. The molecule has 0 bridgehead atoms. The van der Waals surface area contributed by atoms with Crippen LogP contribution in [-0.2, 0) is 4.79 Å². The molecular weight excluding hydrogens is 386 g/mol. The third kappa shape index (κ3) is 3.27. The van der Waals surface area contributed by atoms with Crippen molar-refractivity contribution in [1.82, 2.24) is 10.2 Å². The largest absolute Gasteiger partial charge is 0.342 e. The highest BCUT2D eigenvalue weighted by atomic mass is 16.2. The molecule has 1 unspecified atom stereocenters. The van der Waals surface area contributed by atoms with Gasteiger partial charge < -0.3 is 15.5 Å². The van der Waals surface area contributed by atoms with E-state index in [2.05, 4.69) is 29.4 Å². The molecule has 7 atom stereocenters. The predicted molar refractivity (Wildman–Crippen MR) is 123 cm³/mol. The Bertz CT molecular complexity index is 857. The van der Waals surface area contributed by atoms with Crippen molar-refractivity contribution in [3.8, 4) is 0 Å². The summed E-state index contributed by atoms with van der Waals surface area (Å²) in [6.45, 7) is 4.90. The molecule has 1 saturated heterocycles. The zero-order valence-electron chi connectivity index (χ0n) is 19.2. The summed E-state index contributed by atoms with van der Waals surface area (Å²) in [5, 5.41) is 6.34. The van der Waals surface area contributed by atoms with Gasteiger partial charge in [0, 0.05) is 31.2 Å². The summed E-state index contributed by atoms with van der Waals surface area (Å²) < 4.78 is 0. The van der Waals surface area contributed by atoms with E-state index in [1.807, 2.05) is 37.4 Å². The van der Waals surface area contributed by atoms with Gasteiger partial charge in [0.2, 0.25) is 5.91 Å². The minimum Gasteiger partial charge on any atom is -0.342 e. The van der Waals surface area contributed by atoms with Crippen LogP contribution in [0.2, 0.25) is 0 Å². The summed E-state index contributed by atoms with van der Waals surface area (Å²) in [5.74, 6) is 2.44. The Balaban J connectivity index is 1.30. The van der Waals surface area contributed by atoms with E-state index in [0.29, 0.717) is 30.2 Å². The van der Waals surface area contributed by atoms with Gasteiger partial charge in [-0.05, 0) is 85.7 Å². The number of hydrogen-bond donors (Lipinski definition) is 2. The number of hydrogen-bond acceptors (Lipinski definition) is 2. The number of piperidine rings is 1. The van der Waals surface area contributed by atoms with Crippen molar-refractivity contribution in [3.05, 3.63) is 30.3 Å². The summed E-state index contributed by atoms with van der Waals surface area (Å²) in [6.07, 6.45) is 8.81. The maximum absolute atomic E-state index is 12.7. The zero-order valence-corrected chi connectivity index (χ0v) is 19.2. The second kappa shape index (κ2) is 7.53. The molecule has 31 heavy (non-hydrogen) atoms. The first-order chi connectivity index (χ1) is 14.8. The molecule has 5 rings (SSSR count). The van der Waals surface area contributed by atoms with E-state index < -0.39 is 0 Å². The van der Waals surface area contributed by atoms with E-state index >= 15 is 0 Å². The Morgan fingerprint density at radius 3 is 2.48 bits per heavy atom. The summed E-state index contributed by atoms with van der Waals surface area (Å²) >= 11 is 0. The molecule has 1 aromatic carbocycles. The lowest BCUT2D eigenvalue weighted by Gasteiger charge is -2.61. The number of urea groups is 1. The van der Waals surface area contributed by atoms with Gasteiger partial charge in [0.1, 0.15) is 0 Å². The molecule has 3 aliphatic carbocycles. The average molecular weight is 424 g/mol. The minimum atomic E-state index is -0.0803. The van der Waals surface area contributed by atoms with Gasteiger partial charge in [-0.3, -0.25) is 4.79 Å². The van der Waals surface area contributed by atoms with Crippen LogP contribution < -0.4 is 10.6 Å². The van der Waals surface area contributed by atoms with Crippen LogP contribution in [0.15, 0.2) is 30.3 Å². The quantitative estimate of drug-likeness (QED) is 0.700. The molecule has 2 N–H and O–H groups in total. The number of carbonyl (C=O) groups excluding carboxylic acids is 2. The summed E-state index contributed by atoms with van der Waals surface area (Å²) in [4.78, 5) is 27.1. The van der Waals surface area contributed by atoms with Crippen molar-refractivity contribution in [2.24, 2.45) is 28.6 Å². The normalized spacial score (nSPS) is 41.7. The van der Waals surface area contributed by atoms with E-state index in [1.165, 1.54) is 25.7 Å². The number of likely N-dealkylation sites (tertiary alicyclic amines) is 1. The van der Waals surface area contributed by atoms with Crippen molar-refractivity contribution in [2.45, 2.75) is 77.3 Å². The van der Waals surface area contributed by atoms with Crippen LogP contribution in [0.5, 0.6) is 0 Å². The van der Waals surface area contributed by atoms with Crippen molar-refractivity contribution in [3.63, 3.8) is 0 Å². The standard InChI is InChI=1S/C26H37N3O2/c1-25-15-13-20-18(9-12-22-26(20,2)16-14-23(30)29(22)3)19(25)10-11-21(25)28-24(31)27-17-7-5-4-6-8-17/h4-8,18-22H,9-16H2,1-3H3,(H2,27,28,31)/t18-,19-,20-,21?,22+,25-,26+/m0/s1. The van der Waals surface area contributed by atoms with E-state index in [1.54, 1.807) is 0 Å². The predicted octanol–water partition coefficient (Wildman–Crippen LogP) is 5.04. The lowest BCUT2D eigenvalue weighted by atomic mass is 9.47. The van der Waals surface area contributed by atoms with Crippen molar-refractivity contribution in [1.29, 1.82) is 0 Å². The van der Waals surface area contributed by atoms with Gasteiger partial charge in [0.25, 0.3) is 0 Å². The zero-order chi connectivity index (χ0) is 21.8. The first-order valence-electron chi connectivity index (χ1n) is 12.2. The molecule has 4 aliphatic rings. The number of nitrogens with zero attached hydrogens (tertiary/aromatic N) is 1. The van der Waals surface area contributed by atoms with Crippen molar-refractivity contribution in [2.75, 3.05) is 12.4 Å². The first kappa shape index (κ1) is 20.8. The Hall–Kier alpha value is -2.04. The third-order valence-corrected chi connectivity index (χ3v) is 9.89. The minimum absolute atomic E-state index is 0.0803. The number of carbonyl (C=O) groups is 2. The molecule has 3 amide bonds. The number of benzene rings is 1. The highest BCUT2D eigenvalue weighted by Gasteiger charge is 2.61. The Labute approximate surface area is 186 Å². The first-order valence-corrected chi connectivity index (χ1v) is 12.2. The van der Waals surface area contributed by atoms with E-state index in [0.717, 1.165) is 30.9 Å². The summed E-state index contributed by atoms with van der Waals surface area (Å²) in [7, 11) is 2.03. The van der Waals surface area contributed by atoms with Crippen molar-refractivity contribution < 1.29 is 9.59 Å². The van der Waals surface area contributed by atoms with E-state index in [-0.39, 0.29) is 22.9 Å². The van der Waals surface area contributed by atoms with Gasteiger partial charge in [-0.1, -0.05) is 32.0 Å². The fourth-order valence-electron chi connectivity index (χ4n) is 8.23. The molecule has 168 valence electrons. The average Bonchev–Trinajstić information content (AvgIpc) is 3.08. The van der Waals surface area contributed by atoms with E-state index in [9.17, 15) is 9.59 Å².